The average molecular weight is 196 g/mol. The van der Waals surface area contributed by atoms with Gasteiger partial charge in [-0.2, -0.15) is 0 Å². The molecule has 1 N–H and O–H groups in total. The first-order valence-corrected chi connectivity index (χ1v) is 5.66. The third-order valence-corrected chi connectivity index (χ3v) is 2.96. The predicted octanol–water partition coefficient (Wildman–Crippen LogP) is 3.55. The second kappa shape index (κ2) is 4.05. The molecule has 0 unspecified atom stereocenters. The molecule has 0 aliphatic carbocycles. The monoisotopic (exact) mass is 196 g/mol. The number of rotatable bonds is 2. The molecule has 0 atom stereocenters. The van der Waals surface area contributed by atoms with E-state index < -0.39 is 0 Å². The number of aromatic hydroxyl groups is 1. The normalized spacial score (nSPS) is 10.8. The lowest BCUT2D eigenvalue weighted by Crippen LogP contribution is -1.91. The van der Waals surface area contributed by atoms with Crippen molar-refractivity contribution in [1.29, 1.82) is 0 Å². The maximum absolute atomic E-state index is 9.56. The smallest absolute Gasteiger partial charge is 0.118 e. The van der Waals surface area contributed by atoms with Gasteiger partial charge in [0.15, 0.2) is 0 Å². The molecule has 1 nitrogen and oxygen atoms in total. The molecule has 1 aromatic carbocycles. The number of benzene rings is 1. The van der Waals surface area contributed by atoms with Crippen molar-refractivity contribution in [2.24, 2.45) is 0 Å². The van der Waals surface area contributed by atoms with Crippen LogP contribution in [0, 0.1) is 6.92 Å². The Hall–Kier alpha value is -0.630. The van der Waals surface area contributed by atoms with E-state index in [9.17, 15) is 5.11 Å². The fourth-order valence-electron chi connectivity index (χ4n) is 1.31. The summed E-state index contributed by atoms with van der Waals surface area (Å²) in [6.07, 6.45) is 2.07. The van der Waals surface area contributed by atoms with Crippen LogP contribution in [0.2, 0.25) is 0 Å². The third-order valence-electron chi connectivity index (χ3n) is 2.17. The van der Waals surface area contributed by atoms with Crippen molar-refractivity contribution in [1.82, 2.24) is 0 Å². The van der Waals surface area contributed by atoms with Crippen molar-refractivity contribution in [3.63, 3.8) is 0 Å². The molecule has 1 aromatic rings. The summed E-state index contributed by atoms with van der Waals surface area (Å²) in [6.45, 7) is 6.22. The van der Waals surface area contributed by atoms with E-state index in [1.807, 2.05) is 13.0 Å². The fourth-order valence-corrected chi connectivity index (χ4v) is 2.14. The Morgan fingerprint density at radius 3 is 2.38 bits per heavy atom. The number of thioether (sulfide) groups is 1. The van der Waals surface area contributed by atoms with E-state index in [-0.39, 0.29) is 0 Å². The molecular formula is C11H16OS. The van der Waals surface area contributed by atoms with Crippen LogP contribution in [0.25, 0.3) is 0 Å². The van der Waals surface area contributed by atoms with E-state index in [0.29, 0.717) is 11.7 Å². The number of hydrogen-bond donors (Lipinski definition) is 1. The molecule has 0 fully saturated rings. The first kappa shape index (κ1) is 10.5. The van der Waals surface area contributed by atoms with Gasteiger partial charge in [-0.25, -0.2) is 0 Å². The summed E-state index contributed by atoms with van der Waals surface area (Å²) in [6, 6.07) is 3.93. The van der Waals surface area contributed by atoms with Gasteiger partial charge in [-0.15, -0.1) is 11.8 Å². The van der Waals surface area contributed by atoms with E-state index in [4.69, 9.17) is 0 Å². The Bertz CT molecular complexity index is 305. The Kier molecular flexibility index (Phi) is 3.26. The van der Waals surface area contributed by atoms with E-state index >= 15 is 0 Å². The van der Waals surface area contributed by atoms with Crippen LogP contribution < -0.4 is 0 Å². The van der Waals surface area contributed by atoms with Gasteiger partial charge in [0, 0.05) is 4.90 Å². The highest BCUT2D eigenvalue weighted by Gasteiger charge is 2.08. The molecule has 13 heavy (non-hydrogen) atoms. The molecule has 0 saturated carbocycles. The van der Waals surface area contributed by atoms with Gasteiger partial charge in [0.1, 0.15) is 5.75 Å². The maximum Gasteiger partial charge on any atom is 0.118 e. The van der Waals surface area contributed by atoms with Crippen LogP contribution in [-0.4, -0.2) is 11.4 Å². The van der Waals surface area contributed by atoms with Crippen LogP contribution in [0.3, 0.4) is 0 Å². The zero-order chi connectivity index (χ0) is 10.0. The number of hydrogen-bond acceptors (Lipinski definition) is 2. The molecule has 2 heteroatoms. The molecule has 0 aromatic heterocycles. The summed E-state index contributed by atoms with van der Waals surface area (Å²) in [5.41, 5.74) is 2.18. The summed E-state index contributed by atoms with van der Waals surface area (Å²) in [5.74, 6) is 0.871. The third kappa shape index (κ3) is 2.19. The molecule has 0 aliphatic heterocycles. The second-order valence-corrected chi connectivity index (χ2v) is 4.38. The molecule has 0 radical (unpaired) electrons. The lowest BCUT2D eigenvalue weighted by Gasteiger charge is -2.12. The number of phenolic OH excluding ortho intramolecular Hbond substituents is 1. The van der Waals surface area contributed by atoms with Gasteiger partial charge >= 0.3 is 0 Å². The van der Waals surface area contributed by atoms with Crippen LogP contribution in [0.1, 0.15) is 30.9 Å². The molecule has 0 aliphatic rings. The van der Waals surface area contributed by atoms with E-state index in [0.717, 1.165) is 5.56 Å². The average Bonchev–Trinajstić information content (AvgIpc) is 2.08. The molecule has 0 amide bonds. The first-order chi connectivity index (χ1) is 6.06. The number of aryl methyl sites for hydroxylation is 1. The lowest BCUT2D eigenvalue weighted by molar-refractivity contribution is 0.469. The summed E-state index contributed by atoms with van der Waals surface area (Å²) < 4.78 is 0. The first-order valence-electron chi connectivity index (χ1n) is 4.43. The van der Waals surface area contributed by atoms with Crippen molar-refractivity contribution in [3.8, 4) is 5.75 Å². The largest absolute Gasteiger partial charge is 0.508 e. The van der Waals surface area contributed by atoms with Crippen molar-refractivity contribution in [3.05, 3.63) is 23.3 Å². The van der Waals surface area contributed by atoms with Crippen LogP contribution in [0.15, 0.2) is 17.0 Å². The standard InChI is InChI=1S/C11H16OS/c1-7(2)9-6-10(12)8(3)5-11(9)13-4/h5-7,12H,1-4H3. The molecular weight excluding hydrogens is 180 g/mol. The zero-order valence-electron chi connectivity index (χ0n) is 8.59. The van der Waals surface area contributed by atoms with Crippen molar-refractivity contribution in [2.75, 3.05) is 6.26 Å². The molecule has 0 bridgehead atoms. The summed E-state index contributed by atoms with van der Waals surface area (Å²) >= 11 is 1.74. The number of phenols is 1. The summed E-state index contributed by atoms with van der Waals surface area (Å²) in [7, 11) is 0. The van der Waals surface area contributed by atoms with Crippen LogP contribution in [0.5, 0.6) is 5.75 Å². The fraction of sp³-hybridized carbons (Fsp3) is 0.455. The molecule has 0 heterocycles. The van der Waals surface area contributed by atoms with Gasteiger partial charge in [-0.05, 0) is 42.4 Å². The van der Waals surface area contributed by atoms with Crippen molar-refractivity contribution >= 4 is 11.8 Å². The topological polar surface area (TPSA) is 20.2 Å². The molecule has 72 valence electrons. The molecule has 1 rings (SSSR count). The van der Waals surface area contributed by atoms with E-state index in [1.165, 1.54) is 10.5 Å². The summed E-state index contributed by atoms with van der Waals surface area (Å²) in [4.78, 5) is 1.27. The minimum Gasteiger partial charge on any atom is -0.508 e. The Labute approximate surface area is 84.2 Å². The van der Waals surface area contributed by atoms with Crippen LogP contribution >= 0.6 is 11.8 Å². The van der Waals surface area contributed by atoms with Crippen LogP contribution in [0.4, 0.5) is 0 Å². The molecule has 0 spiro atoms. The van der Waals surface area contributed by atoms with Gasteiger partial charge in [-0.1, -0.05) is 13.8 Å². The van der Waals surface area contributed by atoms with Crippen molar-refractivity contribution in [2.45, 2.75) is 31.6 Å². The second-order valence-electron chi connectivity index (χ2n) is 3.54. The maximum atomic E-state index is 9.56. The summed E-state index contributed by atoms with van der Waals surface area (Å²) in [5, 5.41) is 9.56. The highest BCUT2D eigenvalue weighted by Crippen LogP contribution is 2.32. The van der Waals surface area contributed by atoms with Gasteiger partial charge in [0.25, 0.3) is 0 Å². The lowest BCUT2D eigenvalue weighted by atomic mass is 10.0. The van der Waals surface area contributed by atoms with Gasteiger partial charge < -0.3 is 5.11 Å². The Morgan fingerprint density at radius 1 is 1.31 bits per heavy atom. The highest BCUT2D eigenvalue weighted by atomic mass is 32.2. The SMILES string of the molecule is CSc1cc(C)c(O)cc1C(C)C. The minimum atomic E-state index is 0.404. The van der Waals surface area contributed by atoms with Gasteiger partial charge in [0.05, 0.1) is 0 Å². The zero-order valence-corrected chi connectivity index (χ0v) is 9.40. The minimum absolute atomic E-state index is 0.404. The van der Waals surface area contributed by atoms with Crippen LogP contribution in [-0.2, 0) is 0 Å². The van der Waals surface area contributed by atoms with E-state index in [1.54, 1.807) is 11.8 Å². The Balaban J connectivity index is 3.25. The quantitative estimate of drug-likeness (QED) is 0.730. The van der Waals surface area contributed by atoms with Crippen molar-refractivity contribution < 1.29 is 5.11 Å². The predicted molar refractivity (Wildman–Crippen MR) is 58.7 cm³/mol. The van der Waals surface area contributed by atoms with E-state index in [2.05, 4.69) is 26.2 Å². The molecule has 0 saturated heterocycles. The van der Waals surface area contributed by atoms with Gasteiger partial charge in [0.2, 0.25) is 0 Å². The Morgan fingerprint density at radius 2 is 1.92 bits per heavy atom. The highest BCUT2D eigenvalue weighted by molar-refractivity contribution is 7.98. The van der Waals surface area contributed by atoms with Gasteiger partial charge in [-0.3, -0.25) is 0 Å².